The van der Waals surface area contributed by atoms with Crippen molar-refractivity contribution in [3.8, 4) is 0 Å². The van der Waals surface area contributed by atoms with Crippen molar-refractivity contribution in [1.82, 2.24) is 0 Å². The third-order valence-electron chi connectivity index (χ3n) is 2.24. The first kappa shape index (κ1) is 11.1. The Labute approximate surface area is 95.5 Å². The van der Waals surface area contributed by atoms with E-state index < -0.39 is 0 Å². The molecule has 14 heavy (non-hydrogen) atoms. The van der Waals surface area contributed by atoms with Crippen LogP contribution in [0.3, 0.4) is 0 Å². The summed E-state index contributed by atoms with van der Waals surface area (Å²) in [5.41, 5.74) is 1.25. The number of halogens is 1. The molecule has 1 aliphatic heterocycles. The molecule has 0 saturated carbocycles. The van der Waals surface area contributed by atoms with E-state index in [0.29, 0.717) is 6.04 Å². The largest absolute Gasteiger partial charge is 0.341 e. The van der Waals surface area contributed by atoms with Crippen LogP contribution in [-0.2, 0) is 0 Å². The van der Waals surface area contributed by atoms with Crippen LogP contribution in [0.5, 0.6) is 0 Å². The van der Waals surface area contributed by atoms with Gasteiger partial charge in [0, 0.05) is 17.9 Å². The van der Waals surface area contributed by atoms with Gasteiger partial charge in [-0.3, -0.25) is 0 Å². The Morgan fingerprint density at radius 1 is 1.07 bits per heavy atom. The highest BCUT2D eigenvalue weighted by molar-refractivity contribution is 8.93. The molecule has 1 atom stereocenters. The van der Waals surface area contributed by atoms with Crippen molar-refractivity contribution in [3.05, 3.63) is 54.8 Å². The Kier molecular flexibility index (Phi) is 3.96. The molecule has 0 aromatic heterocycles. The highest BCUT2D eigenvalue weighted by atomic mass is 79.9. The normalized spacial score (nSPS) is 19.2. The minimum absolute atomic E-state index is 0. The minimum atomic E-state index is 0. The van der Waals surface area contributed by atoms with Crippen LogP contribution < -0.4 is 4.90 Å². The molecule has 0 amide bonds. The van der Waals surface area contributed by atoms with Crippen LogP contribution in [-0.4, -0.2) is 6.04 Å². The predicted octanol–water partition coefficient (Wildman–Crippen LogP) is 3.54. The van der Waals surface area contributed by atoms with Crippen molar-refractivity contribution < 1.29 is 0 Å². The first-order valence-corrected chi connectivity index (χ1v) is 4.56. The quantitative estimate of drug-likeness (QED) is 0.738. The average molecular weight is 252 g/mol. The summed E-state index contributed by atoms with van der Waals surface area (Å²) in [4.78, 5) is 2.25. The molecule has 0 spiro atoms. The minimum Gasteiger partial charge on any atom is -0.341 e. The first-order valence-electron chi connectivity index (χ1n) is 4.56. The summed E-state index contributed by atoms with van der Waals surface area (Å²) in [5.74, 6) is 0. The average Bonchev–Trinajstić information content (AvgIpc) is 2.20. The molecule has 1 nitrogen and oxygen atoms in total. The van der Waals surface area contributed by atoms with E-state index in [4.69, 9.17) is 0 Å². The highest BCUT2D eigenvalue weighted by Gasteiger charge is 2.09. The van der Waals surface area contributed by atoms with Gasteiger partial charge < -0.3 is 4.90 Å². The number of para-hydroxylation sites is 1. The summed E-state index contributed by atoms with van der Waals surface area (Å²) >= 11 is 0. The number of benzene rings is 1. The standard InChI is InChI=1S/C12H13N.BrH/c1-11-7-5-6-10-13(11)12-8-3-2-4-9-12;/h2-11H,1H3;1H. The summed E-state index contributed by atoms with van der Waals surface area (Å²) in [6.45, 7) is 2.19. The van der Waals surface area contributed by atoms with Gasteiger partial charge in [-0.05, 0) is 25.1 Å². The number of nitrogens with zero attached hydrogens (tertiary/aromatic N) is 1. The SMILES string of the molecule is Br.CC1C=CC=CN1c1ccccc1. The van der Waals surface area contributed by atoms with E-state index in [1.807, 2.05) is 6.07 Å². The van der Waals surface area contributed by atoms with Crippen molar-refractivity contribution in [1.29, 1.82) is 0 Å². The second kappa shape index (κ2) is 5.01. The fourth-order valence-corrected chi connectivity index (χ4v) is 1.52. The monoisotopic (exact) mass is 251 g/mol. The summed E-state index contributed by atoms with van der Waals surface area (Å²) in [6.07, 6.45) is 8.45. The Morgan fingerprint density at radius 2 is 1.79 bits per heavy atom. The van der Waals surface area contributed by atoms with E-state index in [2.05, 4.69) is 60.5 Å². The zero-order chi connectivity index (χ0) is 9.10. The van der Waals surface area contributed by atoms with Gasteiger partial charge in [0.1, 0.15) is 0 Å². The van der Waals surface area contributed by atoms with E-state index in [1.165, 1.54) is 5.69 Å². The molecule has 1 aromatic rings. The van der Waals surface area contributed by atoms with Crippen molar-refractivity contribution in [2.75, 3.05) is 4.90 Å². The van der Waals surface area contributed by atoms with E-state index in [0.717, 1.165) is 0 Å². The van der Waals surface area contributed by atoms with Gasteiger partial charge in [0.2, 0.25) is 0 Å². The molecule has 0 bridgehead atoms. The van der Waals surface area contributed by atoms with Crippen molar-refractivity contribution in [2.45, 2.75) is 13.0 Å². The lowest BCUT2D eigenvalue weighted by Gasteiger charge is -2.27. The smallest absolute Gasteiger partial charge is 0.0491 e. The van der Waals surface area contributed by atoms with Crippen LogP contribution in [0.4, 0.5) is 5.69 Å². The molecular weight excluding hydrogens is 238 g/mol. The summed E-state index contributed by atoms with van der Waals surface area (Å²) < 4.78 is 0. The van der Waals surface area contributed by atoms with Gasteiger partial charge in [-0.1, -0.05) is 30.4 Å². The van der Waals surface area contributed by atoms with Gasteiger partial charge in [0.05, 0.1) is 0 Å². The molecule has 1 aliphatic rings. The van der Waals surface area contributed by atoms with E-state index >= 15 is 0 Å². The zero-order valence-corrected chi connectivity index (χ0v) is 9.84. The predicted molar refractivity (Wildman–Crippen MR) is 67.0 cm³/mol. The molecule has 1 aromatic carbocycles. The van der Waals surface area contributed by atoms with Crippen molar-refractivity contribution in [2.24, 2.45) is 0 Å². The topological polar surface area (TPSA) is 3.24 Å². The fraction of sp³-hybridized carbons (Fsp3) is 0.167. The maximum Gasteiger partial charge on any atom is 0.0491 e. The number of allylic oxidation sites excluding steroid dienone is 2. The molecule has 2 heteroatoms. The maximum atomic E-state index is 2.25. The van der Waals surface area contributed by atoms with Crippen LogP contribution in [0.25, 0.3) is 0 Å². The molecule has 0 aliphatic carbocycles. The third-order valence-corrected chi connectivity index (χ3v) is 2.24. The van der Waals surface area contributed by atoms with Gasteiger partial charge in [-0.25, -0.2) is 0 Å². The Hall–Kier alpha value is -1.02. The summed E-state index contributed by atoms with van der Waals surface area (Å²) in [7, 11) is 0. The molecular formula is C12H14BrN. The van der Waals surface area contributed by atoms with Crippen LogP contribution >= 0.6 is 17.0 Å². The van der Waals surface area contributed by atoms with Crippen molar-refractivity contribution in [3.63, 3.8) is 0 Å². The Bertz CT molecular complexity index is 329. The van der Waals surface area contributed by atoms with Gasteiger partial charge in [0.25, 0.3) is 0 Å². The third kappa shape index (κ3) is 2.26. The highest BCUT2D eigenvalue weighted by Crippen LogP contribution is 2.19. The van der Waals surface area contributed by atoms with Crippen LogP contribution in [0.2, 0.25) is 0 Å². The summed E-state index contributed by atoms with van der Waals surface area (Å²) in [6, 6.07) is 10.9. The molecule has 1 unspecified atom stereocenters. The van der Waals surface area contributed by atoms with Crippen molar-refractivity contribution >= 4 is 22.7 Å². The second-order valence-electron chi connectivity index (χ2n) is 3.21. The van der Waals surface area contributed by atoms with Crippen LogP contribution in [0, 0.1) is 0 Å². The Balaban J connectivity index is 0.000000980. The molecule has 0 fully saturated rings. The molecule has 74 valence electrons. The van der Waals surface area contributed by atoms with Crippen LogP contribution in [0.15, 0.2) is 54.8 Å². The molecule has 0 radical (unpaired) electrons. The lowest BCUT2D eigenvalue weighted by atomic mass is 10.2. The van der Waals surface area contributed by atoms with E-state index in [1.54, 1.807) is 0 Å². The van der Waals surface area contributed by atoms with E-state index in [-0.39, 0.29) is 17.0 Å². The molecule has 0 saturated heterocycles. The number of hydrogen-bond donors (Lipinski definition) is 0. The van der Waals surface area contributed by atoms with E-state index in [9.17, 15) is 0 Å². The Morgan fingerprint density at radius 3 is 2.43 bits per heavy atom. The number of rotatable bonds is 1. The lowest BCUT2D eigenvalue weighted by Crippen LogP contribution is -2.27. The van der Waals surface area contributed by atoms with Gasteiger partial charge >= 0.3 is 0 Å². The summed E-state index contributed by atoms with van der Waals surface area (Å²) in [5, 5.41) is 0. The molecule has 1 heterocycles. The lowest BCUT2D eigenvalue weighted by molar-refractivity contribution is 0.848. The van der Waals surface area contributed by atoms with Gasteiger partial charge in [-0.2, -0.15) is 0 Å². The first-order chi connectivity index (χ1) is 6.38. The second-order valence-corrected chi connectivity index (χ2v) is 3.21. The zero-order valence-electron chi connectivity index (χ0n) is 8.13. The fourth-order valence-electron chi connectivity index (χ4n) is 1.52. The maximum absolute atomic E-state index is 2.25. The van der Waals surface area contributed by atoms with Gasteiger partial charge in [0.15, 0.2) is 0 Å². The van der Waals surface area contributed by atoms with Crippen LogP contribution in [0.1, 0.15) is 6.92 Å². The van der Waals surface area contributed by atoms with Gasteiger partial charge in [-0.15, -0.1) is 17.0 Å². The number of anilines is 1. The number of hydrogen-bond acceptors (Lipinski definition) is 1. The molecule has 0 N–H and O–H groups in total. The molecule has 2 rings (SSSR count).